The number of carboxylic acid groups (broad SMARTS) is 1. The number of aromatic carboxylic acids is 1. The van der Waals surface area contributed by atoms with Crippen molar-refractivity contribution in [1.82, 2.24) is 4.98 Å². The summed E-state index contributed by atoms with van der Waals surface area (Å²) in [7, 11) is 0. The van der Waals surface area contributed by atoms with Crippen LogP contribution in [-0.2, 0) is 6.18 Å². The molecule has 0 amide bonds. The van der Waals surface area contributed by atoms with Crippen molar-refractivity contribution in [3.8, 4) is 0 Å². The Bertz CT molecular complexity index is 957. The van der Waals surface area contributed by atoms with Crippen molar-refractivity contribution >= 4 is 44.2 Å². The lowest BCUT2D eigenvalue weighted by Gasteiger charge is -2.14. The number of carboxylic acids is 1. The highest BCUT2D eigenvalue weighted by Gasteiger charge is 2.30. The van der Waals surface area contributed by atoms with E-state index in [1.807, 2.05) is 0 Å². The lowest BCUT2D eigenvalue weighted by atomic mass is 10.1. The molecule has 3 aromatic rings. The summed E-state index contributed by atoms with van der Waals surface area (Å²) >= 11 is 3.32. The molecule has 0 radical (unpaired) electrons. The third-order valence-corrected chi connectivity index (χ3v) is 4.04. The molecular weight excluding hydrogens is 401 g/mol. The van der Waals surface area contributed by atoms with E-state index >= 15 is 0 Å². The minimum atomic E-state index is -4.43. The highest BCUT2D eigenvalue weighted by atomic mass is 79.9. The minimum absolute atomic E-state index is 0.0782. The van der Waals surface area contributed by atoms with Crippen LogP contribution in [0.3, 0.4) is 0 Å². The lowest BCUT2D eigenvalue weighted by Crippen LogP contribution is -2.06. The van der Waals surface area contributed by atoms with Crippen LogP contribution in [0, 0.1) is 0 Å². The van der Waals surface area contributed by atoms with Crippen LogP contribution < -0.4 is 5.32 Å². The molecule has 0 bridgehead atoms. The molecule has 0 spiro atoms. The molecule has 128 valence electrons. The molecule has 0 aliphatic heterocycles. The average molecular weight is 411 g/mol. The summed E-state index contributed by atoms with van der Waals surface area (Å²) in [6.07, 6.45) is -3.22. The summed E-state index contributed by atoms with van der Waals surface area (Å²) in [5, 5.41) is 12.8. The number of rotatable bonds is 3. The fraction of sp³-hybridized carbons (Fsp3) is 0.0588. The van der Waals surface area contributed by atoms with E-state index in [0.29, 0.717) is 16.6 Å². The van der Waals surface area contributed by atoms with E-state index in [2.05, 4.69) is 26.2 Å². The highest BCUT2D eigenvalue weighted by Crippen LogP contribution is 2.33. The molecule has 0 aliphatic rings. The molecule has 0 fully saturated rings. The minimum Gasteiger partial charge on any atom is -0.478 e. The van der Waals surface area contributed by atoms with Crippen molar-refractivity contribution in [1.29, 1.82) is 0 Å². The molecule has 1 aromatic heterocycles. The first-order chi connectivity index (χ1) is 11.8. The Labute approximate surface area is 148 Å². The van der Waals surface area contributed by atoms with Gasteiger partial charge >= 0.3 is 12.1 Å². The van der Waals surface area contributed by atoms with Crippen molar-refractivity contribution < 1.29 is 23.1 Å². The second kappa shape index (κ2) is 6.36. The monoisotopic (exact) mass is 410 g/mol. The summed E-state index contributed by atoms with van der Waals surface area (Å²) in [5.41, 5.74) is 0.300. The molecule has 25 heavy (non-hydrogen) atoms. The van der Waals surface area contributed by atoms with Gasteiger partial charge in [0.05, 0.1) is 16.8 Å². The van der Waals surface area contributed by atoms with E-state index in [1.165, 1.54) is 18.3 Å². The van der Waals surface area contributed by atoms with Crippen LogP contribution in [0.15, 0.2) is 53.1 Å². The predicted molar refractivity (Wildman–Crippen MR) is 91.1 cm³/mol. The second-order valence-corrected chi connectivity index (χ2v) is 6.13. The van der Waals surface area contributed by atoms with Crippen molar-refractivity contribution in [2.45, 2.75) is 6.18 Å². The van der Waals surface area contributed by atoms with Gasteiger partial charge in [-0.1, -0.05) is 15.9 Å². The zero-order valence-corrected chi connectivity index (χ0v) is 14.0. The quantitative estimate of drug-likeness (QED) is 0.601. The number of aromatic nitrogens is 1. The van der Waals surface area contributed by atoms with Gasteiger partial charge in [0.15, 0.2) is 0 Å². The zero-order chi connectivity index (χ0) is 18.2. The Morgan fingerprint density at radius 1 is 1.12 bits per heavy atom. The fourth-order valence-electron chi connectivity index (χ4n) is 2.35. The van der Waals surface area contributed by atoms with E-state index in [-0.39, 0.29) is 11.3 Å². The maximum absolute atomic E-state index is 12.7. The standard InChI is InChI=1S/C17H10BrF3N2O2/c18-10-3-6-14-12(7-10)15(13(8-22-14)16(24)25)23-11-4-1-9(2-5-11)17(19,20)21/h1-8H,(H,22,23)(H,24,25). The average Bonchev–Trinajstić information content (AvgIpc) is 2.54. The fourth-order valence-corrected chi connectivity index (χ4v) is 2.71. The zero-order valence-electron chi connectivity index (χ0n) is 12.4. The third-order valence-electron chi connectivity index (χ3n) is 3.54. The highest BCUT2D eigenvalue weighted by molar-refractivity contribution is 9.10. The summed E-state index contributed by atoms with van der Waals surface area (Å²) in [5.74, 6) is -1.19. The number of alkyl halides is 3. The van der Waals surface area contributed by atoms with E-state index in [0.717, 1.165) is 16.6 Å². The molecule has 2 N–H and O–H groups in total. The normalized spacial score (nSPS) is 11.5. The van der Waals surface area contributed by atoms with Crippen LogP contribution in [0.1, 0.15) is 15.9 Å². The first-order valence-corrected chi connectivity index (χ1v) is 7.81. The van der Waals surface area contributed by atoms with Crippen LogP contribution in [0.25, 0.3) is 10.9 Å². The number of pyridine rings is 1. The van der Waals surface area contributed by atoms with Gasteiger partial charge in [0.2, 0.25) is 0 Å². The number of carbonyl (C=O) groups is 1. The molecule has 0 unspecified atom stereocenters. The first-order valence-electron chi connectivity index (χ1n) is 7.01. The molecule has 3 rings (SSSR count). The van der Waals surface area contributed by atoms with E-state index in [9.17, 15) is 23.1 Å². The molecule has 0 saturated heterocycles. The number of nitrogens with one attached hydrogen (secondary N) is 1. The number of benzene rings is 2. The van der Waals surface area contributed by atoms with Crippen LogP contribution >= 0.6 is 15.9 Å². The number of nitrogens with zero attached hydrogens (tertiary/aromatic N) is 1. The number of fused-ring (bicyclic) bond motifs is 1. The van der Waals surface area contributed by atoms with Crippen molar-refractivity contribution in [2.75, 3.05) is 5.32 Å². The molecular formula is C17H10BrF3N2O2. The van der Waals surface area contributed by atoms with Gasteiger partial charge in [0.1, 0.15) is 5.56 Å². The van der Waals surface area contributed by atoms with Gasteiger partial charge in [-0.2, -0.15) is 13.2 Å². The molecule has 4 nitrogen and oxygen atoms in total. The molecule has 0 aliphatic carbocycles. The smallest absolute Gasteiger partial charge is 0.416 e. The van der Waals surface area contributed by atoms with Gasteiger partial charge in [0.25, 0.3) is 0 Å². The summed E-state index contributed by atoms with van der Waals surface area (Å²) in [6, 6.07) is 9.53. The van der Waals surface area contributed by atoms with Crippen LogP contribution in [0.4, 0.5) is 24.5 Å². The SMILES string of the molecule is O=C(O)c1cnc2ccc(Br)cc2c1Nc1ccc(C(F)(F)F)cc1. The Kier molecular flexibility index (Phi) is 4.38. The topological polar surface area (TPSA) is 62.2 Å². The third kappa shape index (κ3) is 3.58. The van der Waals surface area contributed by atoms with Crippen LogP contribution in [-0.4, -0.2) is 16.1 Å². The predicted octanol–water partition coefficient (Wildman–Crippen LogP) is 5.46. The van der Waals surface area contributed by atoms with E-state index in [4.69, 9.17) is 0 Å². The van der Waals surface area contributed by atoms with E-state index < -0.39 is 17.7 Å². The van der Waals surface area contributed by atoms with Crippen molar-refractivity contribution in [3.63, 3.8) is 0 Å². The van der Waals surface area contributed by atoms with Crippen LogP contribution in [0.2, 0.25) is 0 Å². The number of halogens is 4. The lowest BCUT2D eigenvalue weighted by molar-refractivity contribution is -0.137. The number of anilines is 2. The molecule has 2 aromatic carbocycles. The molecule has 0 saturated carbocycles. The molecule has 1 heterocycles. The largest absolute Gasteiger partial charge is 0.478 e. The van der Waals surface area contributed by atoms with Gasteiger partial charge in [-0.25, -0.2) is 4.79 Å². The summed E-state index contributed by atoms with van der Waals surface area (Å²) in [6.45, 7) is 0. The van der Waals surface area contributed by atoms with Gasteiger partial charge in [-0.3, -0.25) is 4.98 Å². The number of hydrogen-bond donors (Lipinski definition) is 2. The van der Waals surface area contributed by atoms with Gasteiger partial charge in [0, 0.05) is 21.7 Å². The number of hydrogen-bond acceptors (Lipinski definition) is 3. The van der Waals surface area contributed by atoms with Gasteiger partial charge < -0.3 is 10.4 Å². The molecule has 8 heteroatoms. The Morgan fingerprint density at radius 2 is 1.80 bits per heavy atom. The van der Waals surface area contributed by atoms with E-state index in [1.54, 1.807) is 18.2 Å². The maximum Gasteiger partial charge on any atom is 0.416 e. The summed E-state index contributed by atoms with van der Waals surface area (Å²) in [4.78, 5) is 15.6. The molecule has 0 atom stereocenters. The Hall–Kier alpha value is -2.61. The van der Waals surface area contributed by atoms with Gasteiger partial charge in [-0.05, 0) is 42.5 Å². The maximum atomic E-state index is 12.7. The Morgan fingerprint density at radius 3 is 2.40 bits per heavy atom. The van der Waals surface area contributed by atoms with Crippen LogP contribution in [0.5, 0.6) is 0 Å². The second-order valence-electron chi connectivity index (χ2n) is 5.21. The van der Waals surface area contributed by atoms with Crippen molar-refractivity contribution in [2.24, 2.45) is 0 Å². The summed E-state index contributed by atoms with van der Waals surface area (Å²) < 4.78 is 38.7. The first kappa shape index (κ1) is 17.2. The Balaban J connectivity index is 2.09. The van der Waals surface area contributed by atoms with Crippen molar-refractivity contribution in [3.05, 3.63) is 64.3 Å². The van der Waals surface area contributed by atoms with Gasteiger partial charge in [-0.15, -0.1) is 0 Å².